The fourth-order valence-electron chi connectivity index (χ4n) is 3.40. The molecule has 9 nitrogen and oxygen atoms in total. The first-order valence-electron chi connectivity index (χ1n) is 9.33. The van der Waals surface area contributed by atoms with E-state index in [9.17, 15) is 19.1 Å². The third-order valence-corrected chi connectivity index (χ3v) is 4.91. The van der Waals surface area contributed by atoms with Crippen LogP contribution in [-0.4, -0.2) is 34.2 Å². The van der Waals surface area contributed by atoms with Crippen molar-refractivity contribution in [3.8, 4) is 11.5 Å². The number of hydrogen-bond donors (Lipinski definition) is 1. The first-order valence-corrected chi connectivity index (χ1v) is 9.33. The summed E-state index contributed by atoms with van der Waals surface area (Å²) in [5.41, 5.74) is 0.826. The molecule has 0 aliphatic heterocycles. The van der Waals surface area contributed by atoms with Gasteiger partial charge in [0.05, 0.1) is 16.8 Å². The summed E-state index contributed by atoms with van der Waals surface area (Å²) in [5, 5.41) is 17.8. The molecule has 0 radical (unpaired) electrons. The molecule has 0 amide bonds. The van der Waals surface area contributed by atoms with Crippen molar-refractivity contribution in [1.29, 1.82) is 0 Å². The molecule has 0 aliphatic rings. The minimum absolute atomic E-state index is 0.0392. The molecular formula is C20H19FN6O3. The van der Waals surface area contributed by atoms with E-state index in [1.807, 2.05) is 19.1 Å². The first kappa shape index (κ1) is 19.6. The van der Waals surface area contributed by atoms with Gasteiger partial charge in [0.25, 0.3) is 5.56 Å². The summed E-state index contributed by atoms with van der Waals surface area (Å²) in [4.78, 5) is 29.8. The fraction of sp³-hybridized carbons (Fsp3) is 0.250. The zero-order valence-corrected chi connectivity index (χ0v) is 16.6. The topological polar surface area (TPSA) is 108 Å². The van der Waals surface area contributed by atoms with Crippen LogP contribution in [0.25, 0.3) is 22.4 Å². The average molecular weight is 410 g/mol. The van der Waals surface area contributed by atoms with E-state index >= 15 is 0 Å². The van der Waals surface area contributed by atoms with Crippen LogP contribution >= 0.6 is 0 Å². The van der Waals surface area contributed by atoms with Crippen LogP contribution in [0.5, 0.6) is 0 Å². The number of para-hydroxylation sites is 1. The number of aliphatic hydroxyl groups is 1. The molecule has 3 aromatic heterocycles. The molecule has 0 fully saturated rings. The molecule has 154 valence electrons. The number of aryl methyl sites for hydroxylation is 2. The van der Waals surface area contributed by atoms with Crippen molar-refractivity contribution in [2.45, 2.75) is 33.9 Å². The number of rotatable bonds is 4. The highest BCUT2D eigenvalue weighted by Gasteiger charge is 2.20. The van der Waals surface area contributed by atoms with E-state index in [2.05, 4.69) is 15.2 Å². The van der Waals surface area contributed by atoms with Crippen LogP contribution in [-0.2, 0) is 13.2 Å². The monoisotopic (exact) mass is 410 g/mol. The minimum Gasteiger partial charge on any atom is -0.388 e. The molecule has 0 bridgehead atoms. The van der Waals surface area contributed by atoms with E-state index in [1.54, 1.807) is 26.0 Å². The van der Waals surface area contributed by atoms with Crippen LogP contribution < -0.4 is 11.2 Å². The van der Waals surface area contributed by atoms with Gasteiger partial charge < -0.3 is 5.11 Å². The average Bonchev–Trinajstić information content (AvgIpc) is 3.06. The lowest BCUT2D eigenvalue weighted by atomic mass is 10.2. The van der Waals surface area contributed by atoms with Gasteiger partial charge in [0, 0.05) is 6.54 Å². The summed E-state index contributed by atoms with van der Waals surface area (Å²) < 4.78 is 18.2. The third kappa shape index (κ3) is 2.92. The molecule has 1 aromatic carbocycles. The Bertz CT molecular complexity index is 1400. The largest absolute Gasteiger partial charge is 0.388 e. The predicted octanol–water partition coefficient (Wildman–Crippen LogP) is 1.40. The first-order chi connectivity index (χ1) is 14.4. The van der Waals surface area contributed by atoms with Crippen LogP contribution in [0.1, 0.15) is 24.0 Å². The number of benzene rings is 1. The Morgan fingerprint density at radius 1 is 1.10 bits per heavy atom. The summed E-state index contributed by atoms with van der Waals surface area (Å²) in [7, 11) is 0. The van der Waals surface area contributed by atoms with Crippen LogP contribution in [0.4, 0.5) is 4.39 Å². The van der Waals surface area contributed by atoms with E-state index in [4.69, 9.17) is 0 Å². The molecule has 0 atom stereocenters. The van der Waals surface area contributed by atoms with Gasteiger partial charge in [-0.2, -0.15) is 14.5 Å². The lowest BCUT2D eigenvalue weighted by molar-refractivity contribution is 0.264. The smallest absolute Gasteiger partial charge is 0.352 e. The van der Waals surface area contributed by atoms with Gasteiger partial charge in [0.15, 0.2) is 17.5 Å². The van der Waals surface area contributed by atoms with E-state index in [-0.39, 0.29) is 29.1 Å². The lowest BCUT2D eigenvalue weighted by Gasteiger charge is -2.11. The maximum Gasteiger partial charge on any atom is 0.352 e. The molecule has 10 heteroatoms. The standard InChI is InChI=1S/C20H19FN6O3/c1-4-25-16(10-28)24-27(20(25)30)18-14(21)9-13-17(22-18)12(3)23-26(19(13)29)15-8-6-5-7-11(15)2/h5-9,28H,4,10H2,1-3H3. The van der Waals surface area contributed by atoms with Gasteiger partial charge in [-0.3, -0.25) is 9.36 Å². The molecule has 1 N–H and O–H groups in total. The number of hydrogen-bond acceptors (Lipinski definition) is 6. The summed E-state index contributed by atoms with van der Waals surface area (Å²) in [6.07, 6.45) is 0. The Balaban J connectivity index is 1.99. The molecule has 4 rings (SSSR count). The Labute approximate surface area is 169 Å². The molecule has 4 aromatic rings. The quantitative estimate of drug-likeness (QED) is 0.545. The van der Waals surface area contributed by atoms with Crippen LogP contribution in [0, 0.1) is 19.7 Å². The maximum atomic E-state index is 15.0. The second-order valence-electron chi connectivity index (χ2n) is 6.79. The number of aromatic nitrogens is 6. The van der Waals surface area contributed by atoms with Crippen LogP contribution in [0.2, 0.25) is 0 Å². The van der Waals surface area contributed by atoms with E-state index < -0.39 is 23.7 Å². The van der Waals surface area contributed by atoms with Crippen molar-refractivity contribution in [3.05, 3.63) is 74.1 Å². The molecule has 0 spiro atoms. The van der Waals surface area contributed by atoms with Crippen molar-refractivity contribution in [2.75, 3.05) is 0 Å². The van der Waals surface area contributed by atoms with Gasteiger partial charge in [0.1, 0.15) is 12.1 Å². The SMILES string of the molecule is CCn1c(CO)nn(-c2nc3c(C)nn(-c4ccccc4C)c(=O)c3cc2F)c1=O. The Morgan fingerprint density at radius 3 is 2.47 bits per heavy atom. The second kappa shape index (κ2) is 7.30. The Kier molecular flexibility index (Phi) is 4.78. The summed E-state index contributed by atoms with van der Waals surface area (Å²) in [6, 6.07) is 8.27. The maximum absolute atomic E-state index is 15.0. The van der Waals surface area contributed by atoms with Crippen molar-refractivity contribution in [1.82, 2.24) is 29.1 Å². The normalized spacial score (nSPS) is 11.4. The Morgan fingerprint density at radius 2 is 1.83 bits per heavy atom. The van der Waals surface area contributed by atoms with Crippen molar-refractivity contribution < 1.29 is 9.50 Å². The van der Waals surface area contributed by atoms with Gasteiger partial charge in [-0.1, -0.05) is 18.2 Å². The van der Waals surface area contributed by atoms with Crippen molar-refractivity contribution in [2.24, 2.45) is 0 Å². The van der Waals surface area contributed by atoms with Crippen LogP contribution in [0.3, 0.4) is 0 Å². The third-order valence-electron chi connectivity index (χ3n) is 4.91. The van der Waals surface area contributed by atoms with Crippen molar-refractivity contribution in [3.63, 3.8) is 0 Å². The molecule has 3 heterocycles. The summed E-state index contributed by atoms with van der Waals surface area (Å²) in [5.74, 6) is -1.14. The summed E-state index contributed by atoms with van der Waals surface area (Å²) >= 11 is 0. The van der Waals surface area contributed by atoms with Gasteiger partial charge in [0.2, 0.25) is 0 Å². The highest BCUT2D eigenvalue weighted by atomic mass is 19.1. The number of fused-ring (bicyclic) bond motifs is 1. The van der Waals surface area contributed by atoms with E-state index in [0.717, 1.165) is 16.3 Å². The molecular weight excluding hydrogens is 391 g/mol. The van der Waals surface area contributed by atoms with Crippen molar-refractivity contribution >= 4 is 10.9 Å². The highest BCUT2D eigenvalue weighted by Crippen LogP contribution is 2.19. The van der Waals surface area contributed by atoms with Gasteiger partial charge >= 0.3 is 5.69 Å². The molecule has 30 heavy (non-hydrogen) atoms. The molecule has 0 saturated carbocycles. The predicted molar refractivity (Wildman–Crippen MR) is 108 cm³/mol. The molecule has 0 aliphatic carbocycles. The van der Waals surface area contributed by atoms with Gasteiger partial charge in [-0.15, -0.1) is 5.10 Å². The Hall–Kier alpha value is -3.66. The van der Waals surface area contributed by atoms with Crippen LogP contribution in [0.15, 0.2) is 39.9 Å². The number of nitrogens with zero attached hydrogens (tertiary/aromatic N) is 6. The number of halogens is 1. The zero-order valence-electron chi connectivity index (χ0n) is 16.6. The lowest BCUT2D eigenvalue weighted by Crippen LogP contribution is -2.27. The highest BCUT2D eigenvalue weighted by molar-refractivity contribution is 5.80. The minimum atomic E-state index is -0.881. The molecule has 0 saturated heterocycles. The van der Waals surface area contributed by atoms with Gasteiger partial charge in [-0.05, 0) is 38.5 Å². The van der Waals surface area contributed by atoms with Gasteiger partial charge in [-0.25, -0.2) is 14.2 Å². The zero-order chi connectivity index (χ0) is 21.6. The van der Waals surface area contributed by atoms with E-state index in [0.29, 0.717) is 11.4 Å². The number of aliphatic hydroxyl groups excluding tert-OH is 1. The summed E-state index contributed by atoms with van der Waals surface area (Å²) in [6.45, 7) is 4.98. The number of pyridine rings is 1. The second-order valence-corrected chi connectivity index (χ2v) is 6.79. The van der Waals surface area contributed by atoms with E-state index in [1.165, 1.54) is 9.25 Å². The fourth-order valence-corrected chi connectivity index (χ4v) is 3.40. The molecule has 0 unspecified atom stereocenters.